The minimum Gasteiger partial charge on any atom is -0.321 e. The monoisotopic (exact) mass is 365 g/mol. The number of para-hydroxylation sites is 1. The number of amides is 2. The minimum atomic E-state index is -0.251. The normalized spacial score (nSPS) is 10.8. The second-order valence-corrected chi connectivity index (χ2v) is 6.69. The predicted octanol–water partition coefficient (Wildman–Crippen LogP) is 2.94. The van der Waals surface area contributed by atoms with Gasteiger partial charge in [0.1, 0.15) is 17.7 Å². The quantitative estimate of drug-likeness (QED) is 0.601. The van der Waals surface area contributed by atoms with Crippen LogP contribution in [0.4, 0.5) is 10.5 Å². The first-order valence-corrected chi connectivity index (χ1v) is 8.69. The zero-order valence-electron chi connectivity index (χ0n) is 13.9. The lowest BCUT2D eigenvalue weighted by atomic mass is 10.3. The number of urea groups is 1. The first kappa shape index (κ1) is 16.2. The van der Waals surface area contributed by atoms with E-state index in [1.807, 2.05) is 24.3 Å². The number of rotatable bonds is 4. The Bertz CT molecular complexity index is 1010. The Morgan fingerprint density at radius 3 is 2.96 bits per heavy atom. The maximum Gasteiger partial charge on any atom is 0.322 e. The second kappa shape index (κ2) is 6.89. The van der Waals surface area contributed by atoms with Gasteiger partial charge in [0.15, 0.2) is 5.82 Å². The Morgan fingerprint density at radius 1 is 1.27 bits per heavy atom. The van der Waals surface area contributed by atoms with Crippen LogP contribution in [-0.2, 0) is 6.54 Å². The third-order valence-corrected chi connectivity index (χ3v) is 4.74. The molecule has 26 heavy (non-hydrogen) atoms. The number of thiazole rings is 1. The molecule has 4 rings (SSSR count). The summed E-state index contributed by atoms with van der Waals surface area (Å²) in [6.45, 7) is 0.421. The van der Waals surface area contributed by atoms with Crippen LogP contribution in [0.1, 0.15) is 5.01 Å². The lowest BCUT2D eigenvalue weighted by Crippen LogP contribution is -2.31. The van der Waals surface area contributed by atoms with Gasteiger partial charge < -0.3 is 10.2 Å². The van der Waals surface area contributed by atoms with Crippen molar-refractivity contribution in [3.63, 3.8) is 0 Å². The molecule has 8 nitrogen and oxygen atoms in total. The van der Waals surface area contributed by atoms with Crippen LogP contribution in [0.5, 0.6) is 0 Å². The molecule has 0 atom stereocenters. The number of carbonyl (C=O) groups excluding carboxylic acids is 1. The summed E-state index contributed by atoms with van der Waals surface area (Å²) in [7, 11) is 1.73. The van der Waals surface area contributed by atoms with Crippen molar-refractivity contribution >= 4 is 33.3 Å². The van der Waals surface area contributed by atoms with E-state index in [1.165, 1.54) is 17.3 Å². The van der Waals surface area contributed by atoms with Crippen LogP contribution in [0.2, 0.25) is 0 Å². The average molecular weight is 365 g/mol. The number of nitrogens with one attached hydrogen (secondary N) is 1. The Hall–Kier alpha value is -3.33. The topological polar surface area (TPSA) is 88.8 Å². The van der Waals surface area contributed by atoms with Gasteiger partial charge in [0, 0.05) is 13.2 Å². The number of benzene rings is 1. The second-order valence-electron chi connectivity index (χ2n) is 5.58. The molecule has 0 bridgehead atoms. The molecule has 2 amide bonds. The van der Waals surface area contributed by atoms with Gasteiger partial charge in [-0.15, -0.1) is 11.3 Å². The van der Waals surface area contributed by atoms with E-state index in [9.17, 15) is 4.79 Å². The van der Waals surface area contributed by atoms with E-state index in [0.29, 0.717) is 18.1 Å². The van der Waals surface area contributed by atoms with E-state index in [2.05, 4.69) is 25.4 Å². The number of pyridine rings is 1. The van der Waals surface area contributed by atoms with Crippen molar-refractivity contribution in [1.29, 1.82) is 0 Å². The molecule has 0 saturated heterocycles. The van der Waals surface area contributed by atoms with Crippen LogP contribution in [0.25, 0.3) is 16.0 Å². The molecule has 0 aliphatic rings. The van der Waals surface area contributed by atoms with Crippen molar-refractivity contribution in [3.8, 4) is 5.82 Å². The maximum absolute atomic E-state index is 12.6. The first-order chi connectivity index (χ1) is 12.7. The van der Waals surface area contributed by atoms with Gasteiger partial charge in [-0.1, -0.05) is 12.1 Å². The number of hydrogen-bond acceptors (Lipinski definition) is 6. The van der Waals surface area contributed by atoms with Crippen molar-refractivity contribution < 1.29 is 4.79 Å². The SMILES string of the molecule is CN(Cc1nc2ccccc2s1)C(=O)Nc1cccnc1-n1cncn1. The molecule has 4 aromatic rings. The van der Waals surface area contributed by atoms with Crippen LogP contribution in [0.15, 0.2) is 55.2 Å². The number of carbonyl (C=O) groups is 1. The molecular weight excluding hydrogens is 350 g/mol. The summed E-state index contributed by atoms with van der Waals surface area (Å²) < 4.78 is 2.61. The summed E-state index contributed by atoms with van der Waals surface area (Å²) in [6.07, 6.45) is 4.58. The molecule has 0 fully saturated rings. The van der Waals surface area contributed by atoms with Crippen molar-refractivity contribution in [1.82, 2.24) is 29.6 Å². The van der Waals surface area contributed by atoms with Crippen molar-refractivity contribution in [3.05, 3.63) is 60.3 Å². The largest absolute Gasteiger partial charge is 0.322 e. The van der Waals surface area contributed by atoms with E-state index < -0.39 is 0 Å². The van der Waals surface area contributed by atoms with Gasteiger partial charge in [-0.3, -0.25) is 0 Å². The molecule has 1 N–H and O–H groups in total. The van der Waals surface area contributed by atoms with Gasteiger partial charge in [-0.05, 0) is 24.3 Å². The van der Waals surface area contributed by atoms with Crippen molar-refractivity contribution in [2.45, 2.75) is 6.54 Å². The molecule has 0 unspecified atom stereocenters. The summed E-state index contributed by atoms with van der Waals surface area (Å²) in [5.41, 5.74) is 1.50. The third-order valence-electron chi connectivity index (χ3n) is 3.72. The highest BCUT2D eigenvalue weighted by molar-refractivity contribution is 7.18. The van der Waals surface area contributed by atoms with Crippen LogP contribution >= 0.6 is 11.3 Å². The lowest BCUT2D eigenvalue weighted by molar-refractivity contribution is 0.220. The number of hydrogen-bond donors (Lipinski definition) is 1. The molecule has 0 spiro atoms. The van der Waals surface area contributed by atoms with E-state index in [1.54, 1.807) is 41.6 Å². The lowest BCUT2D eigenvalue weighted by Gasteiger charge is -2.17. The fourth-order valence-electron chi connectivity index (χ4n) is 2.47. The number of fused-ring (bicyclic) bond motifs is 1. The summed E-state index contributed by atoms with van der Waals surface area (Å²) in [6, 6.07) is 11.2. The summed E-state index contributed by atoms with van der Waals surface area (Å²) in [5, 5.41) is 7.81. The minimum absolute atomic E-state index is 0.251. The summed E-state index contributed by atoms with van der Waals surface area (Å²) >= 11 is 1.58. The molecule has 0 aliphatic heterocycles. The molecular formula is C17H15N7OS. The van der Waals surface area contributed by atoms with Gasteiger partial charge in [0.25, 0.3) is 0 Å². The highest BCUT2D eigenvalue weighted by Gasteiger charge is 2.15. The molecule has 0 aliphatic carbocycles. The number of aromatic nitrogens is 5. The molecule has 0 radical (unpaired) electrons. The average Bonchev–Trinajstić information content (AvgIpc) is 3.31. The fraction of sp³-hybridized carbons (Fsp3) is 0.118. The summed E-state index contributed by atoms with van der Waals surface area (Å²) in [5.74, 6) is 0.506. The van der Waals surface area contributed by atoms with Gasteiger partial charge in [-0.2, -0.15) is 5.10 Å². The molecule has 0 saturated carbocycles. The molecule has 1 aromatic carbocycles. The smallest absolute Gasteiger partial charge is 0.321 e. The standard InChI is InChI=1S/C17H15N7OS/c1-23(9-15-21-12-5-2-3-7-14(12)26-15)17(25)22-13-6-4-8-19-16(13)24-11-18-10-20-24/h2-8,10-11H,9H2,1H3,(H,22,25). The van der Waals surface area contributed by atoms with Gasteiger partial charge in [0.2, 0.25) is 0 Å². The molecule has 3 aromatic heterocycles. The molecule has 9 heteroatoms. The molecule has 130 valence electrons. The van der Waals surface area contributed by atoms with Gasteiger partial charge >= 0.3 is 6.03 Å². The van der Waals surface area contributed by atoms with Gasteiger partial charge in [0.05, 0.1) is 22.4 Å². The Kier molecular flexibility index (Phi) is 4.28. The van der Waals surface area contributed by atoms with Crippen LogP contribution in [0, 0.1) is 0 Å². The zero-order valence-corrected chi connectivity index (χ0v) is 14.7. The highest BCUT2D eigenvalue weighted by atomic mass is 32.1. The Morgan fingerprint density at radius 2 is 2.15 bits per heavy atom. The van der Waals surface area contributed by atoms with E-state index in [4.69, 9.17) is 0 Å². The number of nitrogens with zero attached hydrogens (tertiary/aromatic N) is 6. The fourth-order valence-corrected chi connectivity index (χ4v) is 3.49. The molecule has 3 heterocycles. The van der Waals surface area contributed by atoms with E-state index in [0.717, 1.165) is 15.2 Å². The summed E-state index contributed by atoms with van der Waals surface area (Å²) in [4.78, 5) is 26.9. The first-order valence-electron chi connectivity index (χ1n) is 7.87. The van der Waals surface area contributed by atoms with Gasteiger partial charge in [-0.25, -0.2) is 24.4 Å². The predicted molar refractivity (Wildman–Crippen MR) is 99.3 cm³/mol. The van der Waals surface area contributed by atoms with E-state index >= 15 is 0 Å². The van der Waals surface area contributed by atoms with E-state index in [-0.39, 0.29) is 6.03 Å². The Balaban J connectivity index is 1.50. The Labute approximate surface area is 153 Å². The number of anilines is 1. The van der Waals surface area contributed by atoms with Crippen LogP contribution in [0.3, 0.4) is 0 Å². The van der Waals surface area contributed by atoms with Crippen molar-refractivity contribution in [2.24, 2.45) is 0 Å². The van der Waals surface area contributed by atoms with Crippen molar-refractivity contribution in [2.75, 3.05) is 12.4 Å². The van der Waals surface area contributed by atoms with Crippen LogP contribution < -0.4 is 5.32 Å². The highest BCUT2D eigenvalue weighted by Crippen LogP contribution is 2.23. The van der Waals surface area contributed by atoms with Crippen LogP contribution in [-0.4, -0.2) is 42.7 Å². The third kappa shape index (κ3) is 3.24. The zero-order chi connectivity index (χ0) is 17.9. The maximum atomic E-state index is 12.6.